The van der Waals surface area contributed by atoms with Gasteiger partial charge in [-0.15, -0.1) is 0 Å². The summed E-state index contributed by atoms with van der Waals surface area (Å²) in [6.07, 6.45) is 17.8. The molecular formula is C43H54N2O4. The molecule has 7 aliphatic carbocycles. The molecule has 3 N–H and O–H groups in total. The van der Waals surface area contributed by atoms with Crippen molar-refractivity contribution in [2.24, 2.45) is 39.4 Å². The minimum Gasteiger partial charge on any atom is -0.393 e. The number of Topliss-reactive ketones (excluding diaryl/α,β-unsaturated/α-hetero) is 1. The van der Waals surface area contributed by atoms with Crippen LogP contribution >= 0.6 is 0 Å². The Bertz CT molecular complexity index is 1650. The first kappa shape index (κ1) is 33.0. The number of amides is 2. The molecule has 2 aromatic carbocycles. The molecule has 2 spiro atoms. The van der Waals surface area contributed by atoms with Crippen molar-refractivity contribution in [3.8, 4) is 0 Å². The average Bonchev–Trinajstić information content (AvgIpc) is 3.38. The maximum absolute atomic E-state index is 14.9. The molecule has 6 nitrogen and oxygen atoms in total. The van der Waals surface area contributed by atoms with Crippen LogP contribution in [0, 0.1) is 39.4 Å². The Kier molecular flexibility index (Phi) is 8.03. The third-order valence-corrected chi connectivity index (χ3v) is 14.9. The summed E-state index contributed by atoms with van der Waals surface area (Å²) in [7, 11) is 0. The largest absolute Gasteiger partial charge is 0.393 e. The zero-order chi connectivity index (χ0) is 34.1. The minimum atomic E-state index is -1.12. The number of para-hydroxylation sites is 1. The first-order valence-corrected chi connectivity index (χ1v) is 19.1. The van der Waals surface area contributed by atoms with Crippen LogP contribution in [0.25, 0.3) is 0 Å². The lowest BCUT2D eigenvalue weighted by Crippen LogP contribution is -2.67. The van der Waals surface area contributed by atoms with Gasteiger partial charge in [0.25, 0.3) is 0 Å². The van der Waals surface area contributed by atoms with Gasteiger partial charge in [0.1, 0.15) is 0 Å². The summed E-state index contributed by atoms with van der Waals surface area (Å²) in [4.78, 5) is 30.7. The van der Waals surface area contributed by atoms with Gasteiger partial charge in [-0.3, -0.25) is 4.79 Å². The number of carbonyl (C=O) groups excluding carboxylic acids is 2. The Morgan fingerprint density at radius 1 is 0.816 bits per heavy atom. The van der Waals surface area contributed by atoms with Crippen LogP contribution in [0.4, 0.5) is 10.5 Å². The van der Waals surface area contributed by atoms with Crippen LogP contribution in [0.5, 0.6) is 0 Å². The van der Waals surface area contributed by atoms with Crippen molar-refractivity contribution in [1.82, 2.24) is 4.90 Å². The zero-order valence-corrected chi connectivity index (χ0v) is 29.4. The Labute approximate surface area is 292 Å². The molecule has 0 aromatic heterocycles. The van der Waals surface area contributed by atoms with Crippen LogP contribution in [0.2, 0.25) is 0 Å². The summed E-state index contributed by atoms with van der Waals surface area (Å²) in [6.45, 7) is 5.33. The quantitative estimate of drug-likeness (QED) is 0.260. The maximum Gasteiger partial charge on any atom is 0.322 e. The van der Waals surface area contributed by atoms with Crippen LogP contribution in [0.3, 0.4) is 0 Å². The second kappa shape index (κ2) is 11.9. The molecule has 4 fully saturated rings. The molecule has 9 rings (SSSR count). The number of rotatable bonds is 7. The number of nitrogens with zero attached hydrogens (tertiary/aromatic N) is 1. The smallest absolute Gasteiger partial charge is 0.322 e. The van der Waals surface area contributed by atoms with Gasteiger partial charge in [-0.25, -0.2) is 4.79 Å². The molecule has 0 radical (unpaired) electrons. The van der Waals surface area contributed by atoms with Crippen LogP contribution in [0.1, 0.15) is 96.5 Å². The number of benzene rings is 2. The summed E-state index contributed by atoms with van der Waals surface area (Å²) < 4.78 is 0. The predicted octanol–water partition coefficient (Wildman–Crippen LogP) is 8.46. The lowest BCUT2D eigenvalue weighted by Gasteiger charge is -2.71. The number of nitrogens with one attached hydrogen (secondary N) is 1. The maximum atomic E-state index is 14.9. The van der Waals surface area contributed by atoms with Gasteiger partial charge >= 0.3 is 6.03 Å². The highest BCUT2D eigenvalue weighted by molar-refractivity contribution is 6.00. The normalized spacial score (nSPS) is 39.3. The van der Waals surface area contributed by atoms with Crippen LogP contribution in [-0.4, -0.2) is 45.2 Å². The fourth-order valence-electron chi connectivity index (χ4n) is 12.2. The van der Waals surface area contributed by atoms with E-state index in [-0.39, 0.29) is 47.3 Å². The second-order valence-electron chi connectivity index (χ2n) is 17.1. The molecule has 260 valence electrons. The predicted molar refractivity (Wildman–Crippen MR) is 192 cm³/mol. The van der Waals surface area contributed by atoms with E-state index in [0.29, 0.717) is 25.2 Å². The lowest BCUT2D eigenvalue weighted by molar-refractivity contribution is -0.178. The van der Waals surface area contributed by atoms with Gasteiger partial charge in [-0.2, -0.15) is 0 Å². The van der Waals surface area contributed by atoms with E-state index < -0.39 is 16.4 Å². The molecule has 0 aliphatic heterocycles. The highest BCUT2D eigenvalue weighted by Gasteiger charge is 2.74. The monoisotopic (exact) mass is 662 g/mol. The summed E-state index contributed by atoms with van der Waals surface area (Å²) in [5, 5.41) is 27.2. The van der Waals surface area contributed by atoms with Gasteiger partial charge in [0.2, 0.25) is 0 Å². The molecule has 8 unspecified atom stereocenters. The zero-order valence-electron chi connectivity index (χ0n) is 29.4. The summed E-state index contributed by atoms with van der Waals surface area (Å²) in [5.74, 6) is 0.766. The second-order valence-corrected chi connectivity index (χ2v) is 17.1. The molecule has 8 atom stereocenters. The first-order chi connectivity index (χ1) is 23.5. The number of ketones is 1. The van der Waals surface area contributed by atoms with E-state index in [1.807, 2.05) is 60.7 Å². The van der Waals surface area contributed by atoms with Gasteiger partial charge in [-0.05, 0) is 92.7 Å². The van der Waals surface area contributed by atoms with Gasteiger partial charge in [0, 0.05) is 40.0 Å². The number of aliphatic hydroxyl groups is 2. The Hall–Kier alpha value is -3.22. The molecule has 2 aromatic rings. The SMILES string of the molecule is CC12CCC(O)CC13C=CC1(C(C(=O)C4CCCCC4)=C3)C2CCC2(C)C1CCC2(O)CN(Cc1ccccc1)C(=O)Nc1ccccc1. The molecule has 0 saturated heterocycles. The highest BCUT2D eigenvalue weighted by atomic mass is 16.3. The van der Waals surface area contributed by atoms with E-state index in [2.05, 4.69) is 37.4 Å². The third-order valence-electron chi connectivity index (χ3n) is 14.9. The number of allylic oxidation sites excluding steroid dienone is 4. The molecule has 2 bridgehead atoms. The number of urea groups is 1. The molecule has 2 amide bonds. The summed E-state index contributed by atoms with van der Waals surface area (Å²) in [5.41, 5.74) is 0.336. The van der Waals surface area contributed by atoms with Crippen LogP contribution in [0.15, 0.2) is 84.5 Å². The molecule has 6 heteroatoms. The fraction of sp³-hybridized carbons (Fsp3) is 0.581. The number of hydrogen-bond acceptors (Lipinski definition) is 4. The van der Waals surface area contributed by atoms with E-state index in [9.17, 15) is 19.8 Å². The first-order valence-electron chi connectivity index (χ1n) is 19.1. The lowest BCUT2D eigenvalue weighted by atomic mass is 9.32. The van der Waals surface area contributed by atoms with Crippen molar-refractivity contribution in [3.63, 3.8) is 0 Å². The minimum absolute atomic E-state index is 0.0473. The third kappa shape index (κ3) is 4.94. The number of hydrogen-bond donors (Lipinski definition) is 3. The van der Waals surface area contributed by atoms with Crippen molar-refractivity contribution in [1.29, 1.82) is 0 Å². The van der Waals surface area contributed by atoms with Gasteiger partial charge in [-0.1, -0.05) is 99.9 Å². The van der Waals surface area contributed by atoms with E-state index in [1.165, 1.54) is 6.42 Å². The van der Waals surface area contributed by atoms with Crippen molar-refractivity contribution < 1.29 is 19.8 Å². The van der Waals surface area contributed by atoms with E-state index in [4.69, 9.17) is 0 Å². The Morgan fingerprint density at radius 3 is 2.20 bits per heavy atom. The van der Waals surface area contributed by atoms with Crippen molar-refractivity contribution >= 4 is 17.5 Å². The van der Waals surface area contributed by atoms with Gasteiger partial charge in [0.05, 0.1) is 18.2 Å². The van der Waals surface area contributed by atoms with Crippen molar-refractivity contribution in [2.75, 3.05) is 11.9 Å². The molecular weight excluding hydrogens is 608 g/mol. The fourth-order valence-corrected chi connectivity index (χ4v) is 12.2. The van der Waals surface area contributed by atoms with Crippen molar-refractivity contribution in [3.05, 3.63) is 90.0 Å². The molecule has 7 aliphatic rings. The Balaban J connectivity index is 1.17. The standard InChI is InChI=1S/C43H54N2O4/c1-39-21-18-33(46)26-41(39)24-25-43(34(27-41)37(47)31-14-8-4-9-15-31)35(39)19-22-40(2)36(43)20-23-42(40,49)29-45(28-30-12-6-3-7-13-30)38(48)44-32-16-10-5-11-17-32/h3,5-7,10-13,16-17,24-25,27,31,33,35-36,46,49H,4,8-9,14-15,18-23,26,28-29H2,1-2H3,(H,44,48). The molecule has 0 heterocycles. The number of aliphatic hydroxyl groups excluding tert-OH is 1. The number of fused-ring (bicyclic) bond motifs is 1. The van der Waals surface area contributed by atoms with Gasteiger partial charge < -0.3 is 20.4 Å². The topological polar surface area (TPSA) is 89.9 Å². The van der Waals surface area contributed by atoms with Crippen molar-refractivity contribution in [2.45, 2.75) is 109 Å². The number of anilines is 1. The molecule has 49 heavy (non-hydrogen) atoms. The van der Waals surface area contributed by atoms with E-state index in [1.54, 1.807) is 4.90 Å². The summed E-state index contributed by atoms with van der Waals surface area (Å²) in [6, 6.07) is 19.4. The van der Waals surface area contributed by atoms with E-state index >= 15 is 0 Å². The Morgan fingerprint density at radius 2 is 1.47 bits per heavy atom. The number of carbonyl (C=O) groups is 2. The molecule has 4 saturated carbocycles. The van der Waals surface area contributed by atoms with Gasteiger partial charge in [0.15, 0.2) is 5.78 Å². The highest BCUT2D eigenvalue weighted by Crippen LogP contribution is 2.78. The summed E-state index contributed by atoms with van der Waals surface area (Å²) >= 11 is 0. The van der Waals surface area contributed by atoms with E-state index in [0.717, 1.165) is 74.6 Å². The average molecular weight is 663 g/mol. The van der Waals surface area contributed by atoms with Crippen LogP contribution < -0.4 is 5.32 Å². The van der Waals surface area contributed by atoms with Crippen LogP contribution in [-0.2, 0) is 11.3 Å².